The van der Waals surface area contributed by atoms with Crippen molar-refractivity contribution in [1.82, 2.24) is 19.9 Å². The number of nitrogens with zero attached hydrogens (tertiary/aromatic N) is 4. The zero-order valence-electron chi connectivity index (χ0n) is 14.4. The maximum Gasteiger partial charge on any atom is 0.241 e. The predicted octanol–water partition coefficient (Wildman–Crippen LogP) is 3.55. The molecule has 1 aliphatic heterocycles. The van der Waals surface area contributed by atoms with Gasteiger partial charge < -0.3 is 9.42 Å². The van der Waals surface area contributed by atoms with E-state index in [-0.39, 0.29) is 0 Å². The van der Waals surface area contributed by atoms with Crippen molar-refractivity contribution in [2.45, 2.75) is 26.3 Å². The van der Waals surface area contributed by atoms with Gasteiger partial charge >= 0.3 is 0 Å². The second-order valence-electron chi connectivity index (χ2n) is 6.62. The molecule has 2 aromatic rings. The quantitative estimate of drug-likeness (QED) is 0.798. The second-order valence-corrected chi connectivity index (χ2v) is 7.05. The number of piperidine rings is 1. The smallest absolute Gasteiger partial charge is 0.241 e. The lowest BCUT2D eigenvalue weighted by Crippen LogP contribution is -2.39. The summed E-state index contributed by atoms with van der Waals surface area (Å²) >= 11 is 5.91. The molecule has 0 bridgehead atoms. The van der Waals surface area contributed by atoms with Crippen molar-refractivity contribution in [1.29, 1.82) is 0 Å². The molecule has 1 aromatic carbocycles. The van der Waals surface area contributed by atoms with Crippen molar-refractivity contribution in [3.8, 4) is 11.4 Å². The minimum atomic E-state index is 0.616. The van der Waals surface area contributed by atoms with Crippen LogP contribution in [-0.4, -0.2) is 53.2 Å². The summed E-state index contributed by atoms with van der Waals surface area (Å²) in [5.74, 6) is 2.00. The van der Waals surface area contributed by atoms with E-state index in [1.807, 2.05) is 24.3 Å². The molecule has 0 unspecified atom stereocenters. The minimum Gasteiger partial charge on any atom is -0.338 e. The molecule has 24 heavy (non-hydrogen) atoms. The van der Waals surface area contributed by atoms with Crippen molar-refractivity contribution >= 4 is 11.6 Å². The molecule has 5 nitrogen and oxygen atoms in total. The third-order valence-electron chi connectivity index (χ3n) is 4.60. The van der Waals surface area contributed by atoms with Gasteiger partial charge in [0.05, 0.1) is 6.54 Å². The van der Waals surface area contributed by atoms with Gasteiger partial charge in [0.2, 0.25) is 11.7 Å². The van der Waals surface area contributed by atoms with Crippen molar-refractivity contribution in [3.63, 3.8) is 0 Å². The Morgan fingerprint density at radius 3 is 2.88 bits per heavy atom. The maximum atomic E-state index is 5.91. The number of rotatable bonds is 6. The Bertz CT molecular complexity index is 643. The fourth-order valence-corrected chi connectivity index (χ4v) is 3.49. The zero-order valence-corrected chi connectivity index (χ0v) is 15.2. The molecule has 3 rings (SSSR count). The van der Waals surface area contributed by atoms with Crippen LogP contribution in [0.15, 0.2) is 28.8 Å². The predicted molar refractivity (Wildman–Crippen MR) is 95.9 cm³/mol. The highest BCUT2D eigenvalue weighted by molar-refractivity contribution is 6.30. The SMILES string of the molecule is CCN1CCC[C@@H](CN(C)Cc2nc(-c3ccc(Cl)cc3)no2)C1. The lowest BCUT2D eigenvalue weighted by Gasteiger charge is -2.33. The molecule has 0 amide bonds. The minimum absolute atomic E-state index is 0.616. The summed E-state index contributed by atoms with van der Waals surface area (Å²) in [4.78, 5) is 9.32. The molecular formula is C18H25ClN4O. The van der Waals surface area contributed by atoms with Crippen LogP contribution in [0.25, 0.3) is 11.4 Å². The van der Waals surface area contributed by atoms with Crippen LogP contribution in [0.1, 0.15) is 25.7 Å². The fraction of sp³-hybridized carbons (Fsp3) is 0.556. The van der Waals surface area contributed by atoms with Crippen LogP contribution in [0.3, 0.4) is 0 Å². The summed E-state index contributed by atoms with van der Waals surface area (Å²) in [5.41, 5.74) is 0.919. The molecule has 1 aliphatic rings. The first-order valence-corrected chi connectivity index (χ1v) is 9.01. The highest BCUT2D eigenvalue weighted by Gasteiger charge is 2.21. The Morgan fingerprint density at radius 2 is 2.12 bits per heavy atom. The Morgan fingerprint density at radius 1 is 1.33 bits per heavy atom. The van der Waals surface area contributed by atoms with E-state index in [0.29, 0.717) is 23.3 Å². The van der Waals surface area contributed by atoms with Gasteiger partial charge in [-0.2, -0.15) is 4.98 Å². The van der Waals surface area contributed by atoms with Crippen molar-refractivity contribution in [2.75, 3.05) is 33.2 Å². The molecule has 1 atom stereocenters. The summed E-state index contributed by atoms with van der Waals surface area (Å²) in [5, 5.41) is 4.78. The Kier molecular flexibility index (Phi) is 5.87. The molecular weight excluding hydrogens is 324 g/mol. The summed E-state index contributed by atoms with van der Waals surface area (Å²) in [6.07, 6.45) is 2.61. The highest BCUT2D eigenvalue weighted by atomic mass is 35.5. The van der Waals surface area contributed by atoms with Crippen LogP contribution in [0.4, 0.5) is 0 Å². The van der Waals surface area contributed by atoms with Gasteiger partial charge in [0.1, 0.15) is 0 Å². The van der Waals surface area contributed by atoms with Crippen molar-refractivity contribution in [2.24, 2.45) is 5.92 Å². The van der Waals surface area contributed by atoms with Gasteiger partial charge in [0.15, 0.2) is 0 Å². The third-order valence-corrected chi connectivity index (χ3v) is 4.85. The molecule has 130 valence electrons. The Labute approximate surface area is 148 Å². The van der Waals surface area contributed by atoms with Crippen LogP contribution in [0, 0.1) is 5.92 Å². The molecule has 1 fully saturated rings. The van der Waals surface area contributed by atoms with Crippen LogP contribution in [0.5, 0.6) is 0 Å². The number of hydrogen-bond donors (Lipinski definition) is 0. The highest BCUT2D eigenvalue weighted by Crippen LogP contribution is 2.20. The summed E-state index contributed by atoms with van der Waals surface area (Å²) in [7, 11) is 2.12. The van der Waals surface area contributed by atoms with E-state index in [0.717, 1.165) is 24.6 Å². The molecule has 0 radical (unpaired) electrons. The van der Waals surface area contributed by atoms with E-state index in [9.17, 15) is 0 Å². The van der Waals surface area contributed by atoms with E-state index >= 15 is 0 Å². The van der Waals surface area contributed by atoms with Crippen molar-refractivity contribution < 1.29 is 4.52 Å². The topological polar surface area (TPSA) is 45.4 Å². The van der Waals surface area contributed by atoms with Gasteiger partial charge in [-0.15, -0.1) is 0 Å². The molecule has 0 spiro atoms. The average molecular weight is 349 g/mol. The largest absolute Gasteiger partial charge is 0.338 e. The molecule has 1 saturated heterocycles. The summed E-state index contributed by atoms with van der Waals surface area (Å²) in [6, 6.07) is 7.48. The fourth-order valence-electron chi connectivity index (χ4n) is 3.36. The van der Waals surface area contributed by atoms with Gasteiger partial charge in [-0.3, -0.25) is 4.90 Å². The number of benzene rings is 1. The zero-order chi connectivity index (χ0) is 16.9. The Hall–Kier alpha value is -1.43. The first-order chi connectivity index (χ1) is 11.6. The van der Waals surface area contributed by atoms with E-state index in [2.05, 4.69) is 33.9 Å². The van der Waals surface area contributed by atoms with E-state index in [4.69, 9.17) is 16.1 Å². The number of likely N-dealkylation sites (tertiary alicyclic amines) is 1. The van der Waals surface area contributed by atoms with Gasteiger partial charge in [0, 0.05) is 23.7 Å². The lowest BCUT2D eigenvalue weighted by atomic mass is 9.97. The van der Waals surface area contributed by atoms with Crippen LogP contribution in [-0.2, 0) is 6.54 Å². The lowest BCUT2D eigenvalue weighted by molar-refractivity contribution is 0.140. The van der Waals surface area contributed by atoms with Gasteiger partial charge in [-0.1, -0.05) is 23.7 Å². The average Bonchev–Trinajstić information content (AvgIpc) is 3.04. The Balaban J connectivity index is 1.55. The van der Waals surface area contributed by atoms with Crippen LogP contribution < -0.4 is 0 Å². The van der Waals surface area contributed by atoms with Crippen molar-refractivity contribution in [3.05, 3.63) is 35.2 Å². The van der Waals surface area contributed by atoms with Gasteiger partial charge in [0.25, 0.3) is 0 Å². The van der Waals surface area contributed by atoms with E-state index < -0.39 is 0 Å². The number of aromatic nitrogens is 2. The molecule has 0 saturated carbocycles. The second kappa shape index (κ2) is 8.10. The first-order valence-electron chi connectivity index (χ1n) is 8.63. The molecule has 0 aliphatic carbocycles. The standard InChI is InChI=1S/C18H25ClN4O/c1-3-23-10-4-5-14(12-23)11-22(2)13-17-20-18(21-24-17)15-6-8-16(19)9-7-15/h6-9,14H,3-5,10-13H2,1-2H3/t14-/m0/s1. The van der Waals surface area contributed by atoms with Gasteiger partial charge in [-0.05, 0) is 63.2 Å². The molecule has 2 heterocycles. The van der Waals surface area contributed by atoms with Gasteiger partial charge in [-0.25, -0.2) is 0 Å². The summed E-state index contributed by atoms with van der Waals surface area (Å²) < 4.78 is 5.41. The first kappa shape index (κ1) is 17.4. The normalized spacial score (nSPS) is 19.1. The van der Waals surface area contributed by atoms with Crippen LogP contribution in [0.2, 0.25) is 5.02 Å². The van der Waals surface area contributed by atoms with E-state index in [1.54, 1.807) is 0 Å². The summed E-state index contributed by atoms with van der Waals surface area (Å²) in [6.45, 7) is 7.57. The number of hydrogen-bond acceptors (Lipinski definition) is 5. The van der Waals surface area contributed by atoms with E-state index in [1.165, 1.54) is 25.9 Å². The van der Waals surface area contributed by atoms with Crippen LogP contribution >= 0.6 is 11.6 Å². The molecule has 6 heteroatoms. The molecule has 1 aromatic heterocycles. The molecule has 0 N–H and O–H groups in total. The third kappa shape index (κ3) is 4.56. The maximum absolute atomic E-state index is 5.91. The monoisotopic (exact) mass is 348 g/mol. The number of halogens is 1.